The molecule has 1 nitrogen and oxygen atoms in total. The number of alkyl halides is 1. The Morgan fingerprint density at radius 2 is 2.06 bits per heavy atom. The van der Waals surface area contributed by atoms with Crippen LogP contribution < -0.4 is 5.32 Å². The average molecular weight is 304 g/mol. The minimum absolute atomic E-state index is 0.103. The van der Waals surface area contributed by atoms with Gasteiger partial charge in [-0.15, -0.1) is 0 Å². The van der Waals surface area contributed by atoms with Crippen molar-refractivity contribution >= 4 is 15.9 Å². The first-order chi connectivity index (χ1) is 8.16. The Morgan fingerprint density at radius 1 is 1.35 bits per heavy atom. The molecule has 1 aromatic carbocycles. The van der Waals surface area contributed by atoms with Gasteiger partial charge in [-0.25, -0.2) is 8.78 Å². The Kier molecular flexibility index (Phi) is 4.51. The van der Waals surface area contributed by atoms with Crippen LogP contribution in [0.3, 0.4) is 0 Å². The van der Waals surface area contributed by atoms with Crippen LogP contribution in [0, 0.1) is 11.7 Å². The Hall–Kier alpha value is -0.480. The molecule has 1 aliphatic heterocycles. The van der Waals surface area contributed by atoms with Gasteiger partial charge in [0.15, 0.2) is 0 Å². The number of nitrogens with one attached hydrogen (secondary N) is 1. The van der Waals surface area contributed by atoms with Gasteiger partial charge in [0.1, 0.15) is 12.0 Å². The topological polar surface area (TPSA) is 12.0 Å². The van der Waals surface area contributed by atoms with Gasteiger partial charge >= 0.3 is 0 Å². The number of halogens is 3. The number of rotatable bonds is 3. The molecule has 0 spiro atoms. The van der Waals surface area contributed by atoms with Gasteiger partial charge < -0.3 is 5.32 Å². The molecule has 1 N–H and O–H groups in total. The lowest BCUT2D eigenvalue weighted by molar-refractivity contribution is 0.187. The Labute approximate surface area is 109 Å². The van der Waals surface area contributed by atoms with Gasteiger partial charge in [-0.1, -0.05) is 15.9 Å². The molecule has 0 amide bonds. The van der Waals surface area contributed by atoms with Gasteiger partial charge in [0.2, 0.25) is 0 Å². The van der Waals surface area contributed by atoms with Crippen molar-refractivity contribution in [3.63, 3.8) is 0 Å². The van der Waals surface area contributed by atoms with Crippen LogP contribution in [0.1, 0.15) is 18.4 Å². The van der Waals surface area contributed by atoms with Crippen LogP contribution in [0.25, 0.3) is 0 Å². The number of hydrogen-bond donors (Lipinski definition) is 1. The fourth-order valence-corrected chi connectivity index (χ4v) is 2.69. The average Bonchev–Trinajstić information content (AvgIpc) is 2.35. The predicted octanol–water partition coefficient (Wildman–Crippen LogP) is 3.47. The van der Waals surface area contributed by atoms with Crippen molar-refractivity contribution in [1.82, 2.24) is 5.32 Å². The van der Waals surface area contributed by atoms with Crippen LogP contribution in [0.15, 0.2) is 22.7 Å². The molecule has 4 heteroatoms. The van der Waals surface area contributed by atoms with E-state index in [4.69, 9.17) is 0 Å². The fraction of sp³-hybridized carbons (Fsp3) is 0.538. The van der Waals surface area contributed by atoms with Gasteiger partial charge in [-0.2, -0.15) is 0 Å². The lowest BCUT2D eigenvalue weighted by Crippen LogP contribution is -2.33. The third-order valence-corrected chi connectivity index (χ3v) is 4.09. The van der Waals surface area contributed by atoms with Crippen LogP contribution in [-0.4, -0.2) is 19.3 Å². The molecule has 0 bridgehead atoms. The quantitative estimate of drug-likeness (QED) is 0.901. The summed E-state index contributed by atoms with van der Waals surface area (Å²) in [4.78, 5) is 0. The van der Waals surface area contributed by atoms with Crippen LogP contribution in [0.5, 0.6) is 0 Å². The number of hydrogen-bond acceptors (Lipinski definition) is 1. The van der Waals surface area contributed by atoms with E-state index in [-0.39, 0.29) is 11.7 Å². The Morgan fingerprint density at radius 3 is 2.76 bits per heavy atom. The third-order valence-electron chi connectivity index (χ3n) is 3.32. The monoisotopic (exact) mass is 303 g/mol. The minimum Gasteiger partial charge on any atom is -0.317 e. The molecule has 0 aliphatic carbocycles. The first-order valence-electron chi connectivity index (χ1n) is 5.95. The predicted molar refractivity (Wildman–Crippen MR) is 68.3 cm³/mol. The van der Waals surface area contributed by atoms with E-state index < -0.39 is 6.17 Å². The van der Waals surface area contributed by atoms with Crippen molar-refractivity contribution in [2.24, 2.45) is 5.92 Å². The molecular formula is C13H16BrF2N. The van der Waals surface area contributed by atoms with Crippen molar-refractivity contribution in [1.29, 1.82) is 0 Å². The second-order valence-electron chi connectivity index (χ2n) is 4.54. The van der Waals surface area contributed by atoms with Crippen LogP contribution >= 0.6 is 15.9 Å². The lowest BCUT2D eigenvalue weighted by Gasteiger charge is -2.26. The zero-order chi connectivity index (χ0) is 12.3. The van der Waals surface area contributed by atoms with E-state index >= 15 is 0 Å². The summed E-state index contributed by atoms with van der Waals surface area (Å²) < 4.78 is 28.0. The van der Waals surface area contributed by atoms with Crippen molar-refractivity contribution in [3.05, 3.63) is 34.1 Å². The second kappa shape index (κ2) is 5.91. The summed E-state index contributed by atoms with van der Waals surface area (Å²) in [7, 11) is 0. The van der Waals surface area contributed by atoms with E-state index in [2.05, 4.69) is 21.2 Å². The molecule has 1 fully saturated rings. The Balaban J connectivity index is 2.01. The molecule has 1 aliphatic rings. The molecule has 0 saturated carbocycles. The van der Waals surface area contributed by atoms with E-state index in [1.54, 1.807) is 6.07 Å². The van der Waals surface area contributed by atoms with Crippen molar-refractivity contribution < 1.29 is 8.78 Å². The second-order valence-corrected chi connectivity index (χ2v) is 5.40. The molecule has 1 atom stereocenters. The van der Waals surface area contributed by atoms with Crippen LogP contribution in [-0.2, 0) is 6.42 Å². The highest BCUT2D eigenvalue weighted by Gasteiger charge is 2.24. The Bertz CT molecular complexity index is 378. The summed E-state index contributed by atoms with van der Waals surface area (Å²) in [5.74, 6) is -0.202. The fourth-order valence-electron chi connectivity index (χ4n) is 2.28. The van der Waals surface area contributed by atoms with E-state index in [1.165, 1.54) is 12.1 Å². The number of benzene rings is 1. The van der Waals surface area contributed by atoms with E-state index in [9.17, 15) is 8.78 Å². The molecule has 94 valence electrons. The van der Waals surface area contributed by atoms with E-state index in [0.29, 0.717) is 6.42 Å². The largest absolute Gasteiger partial charge is 0.317 e. The summed E-state index contributed by atoms with van der Waals surface area (Å²) in [6.45, 7) is 1.77. The maximum atomic E-state index is 14.1. The summed E-state index contributed by atoms with van der Waals surface area (Å²) in [6.07, 6.45) is 1.15. The summed E-state index contributed by atoms with van der Waals surface area (Å²) in [5, 5.41) is 3.22. The van der Waals surface area contributed by atoms with Crippen LogP contribution in [0.2, 0.25) is 0 Å². The van der Waals surface area contributed by atoms with Gasteiger partial charge in [0, 0.05) is 10.9 Å². The molecule has 2 rings (SSSR count). The molecule has 0 aromatic heterocycles. The van der Waals surface area contributed by atoms with Crippen LogP contribution in [0.4, 0.5) is 8.78 Å². The lowest BCUT2D eigenvalue weighted by atomic mass is 9.89. The number of piperidine rings is 1. The van der Waals surface area contributed by atoms with Gasteiger partial charge in [0.05, 0.1) is 0 Å². The standard InChI is InChI=1S/C13H16BrF2N/c14-12-2-1-11(15)7-10(12)8-13(16)9-3-5-17-6-4-9/h1-2,7,9,13,17H,3-6,8H2. The minimum atomic E-state index is -0.879. The molecule has 1 aromatic rings. The summed E-state index contributed by atoms with van der Waals surface area (Å²) >= 11 is 3.34. The highest BCUT2D eigenvalue weighted by molar-refractivity contribution is 9.10. The highest BCUT2D eigenvalue weighted by Crippen LogP contribution is 2.26. The normalized spacial score (nSPS) is 19.2. The van der Waals surface area contributed by atoms with Gasteiger partial charge in [-0.05, 0) is 55.6 Å². The summed E-state index contributed by atoms with van der Waals surface area (Å²) in [6, 6.07) is 4.43. The zero-order valence-corrected chi connectivity index (χ0v) is 11.1. The molecule has 1 unspecified atom stereocenters. The molecular weight excluding hydrogens is 288 g/mol. The molecule has 1 saturated heterocycles. The smallest absolute Gasteiger partial charge is 0.123 e. The maximum Gasteiger partial charge on any atom is 0.123 e. The SMILES string of the molecule is Fc1ccc(Br)c(CC(F)C2CCNCC2)c1. The molecule has 17 heavy (non-hydrogen) atoms. The highest BCUT2D eigenvalue weighted by atomic mass is 79.9. The van der Waals surface area contributed by atoms with Gasteiger partial charge in [-0.3, -0.25) is 0 Å². The zero-order valence-electron chi connectivity index (χ0n) is 9.56. The molecule has 0 radical (unpaired) electrons. The maximum absolute atomic E-state index is 14.1. The van der Waals surface area contributed by atoms with Crippen molar-refractivity contribution in [2.45, 2.75) is 25.4 Å². The third kappa shape index (κ3) is 3.49. The van der Waals surface area contributed by atoms with E-state index in [0.717, 1.165) is 36.0 Å². The van der Waals surface area contributed by atoms with Gasteiger partial charge in [0.25, 0.3) is 0 Å². The van der Waals surface area contributed by atoms with Crippen molar-refractivity contribution in [2.75, 3.05) is 13.1 Å². The first-order valence-corrected chi connectivity index (χ1v) is 6.75. The first kappa shape index (κ1) is 13.0. The van der Waals surface area contributed by atoms with E-state index in [1.807, 2.05) is 0 Å². The van der Waals surface area contributed by atoms with Crippen molar-refractivity contribution in [3.8, 4) is 0 Å². The molecule has 1 heterocycles. The summed E-state index contributed by atoms with van der Waals surface area (Å²) in [5.41, 5.74) is 0.719.